The quantitative estimate of drug-likeness (QED) is 0.893. The molecule has 1 atom stereocenters. The van der Waals surface area contributed by atoms with Crippen molar-refractivity contribution < 1.29 is 0 Å². The van der Waals surface area contributed by atoms with E-state index in [0.29, 0.717) is 5.92 Å². The molecular weight excluding hydrogens is 236 g/mol. The highest BCUT2D eigenvalue weighted by Gasteiger charge is 2.18. The van der Waals surface area contributed by atoms with E-state index in [1.807, 2.05) is 25.1 Å². The van der Waals surface area contributed by atoms with Crippen LogP contribution in [0.15, 0.2) is 30.6 Å². The van der Waals surface area contributed by atoms with Crippen LogP contribution in [0.1, 0.15) is 30.3 Å². The molecule has 0 radical (unpaired) electrons. The number of aryl methyl sites for hydroxylation is 1. The van der Waals surface area contributed by atoms with Crippen LogP contribution >= 0.6 is 0 Å². The van der Waals surface area contributed by atoms with Crippen molar-refractivity contribution in [3.63, 3.8) is 0 Å². The molecule has 4 heteroatoms. The molecule has 0 bridgehead atoms. The molecule has 2 aromatic rings. The molecular formula is C15H18N4. The molecule has 0 saturated carbocycles. The minimum atomic E-state index is 0.439. The third kappa shape index (κ3) is 2.79. The molecule has 3 heterocycles. The third-order valence-electron chi connectivity index (χ3n) is 3.51. The predicted octanol–water partition coefficient (Wildman–Crippen LogP) is 2.31. The van der Waals surface area contributed by atoms with E-state index in [4.69, 9.17) is 4.98 Å². The van der Waals surface area contributed by atoms with E-state index in [-0.39, 0.29) is 0 Å². The summed E-state index contributed by atoms with van der Waals surface area (Å²) in [5.41, 5.74) is 3.13. The Labute approximate surface area is 113 Å². The Bertz CT molecular complexity index is 547. The molecule has 1 fully saturated rings. The lowest BCUT2D eigenvalue weighted by atomic mass is 9.98. The van der Waals surface area contributed by atoms with E-state index < -0.39 is 0 Å². The van der Waals surface area contributed by atoms with Gasteiger partial charge in [0.05, 0.1) is 5.69 Å². The summed E-state index contributed by atoms with van der Waals surface area (Å²) in [7, 11) is 0. The van der Waals surface area contributed by atoms with E-state index in [2.05, 4.69) is 15.3 Å². The molecule has 0 aliphatic carbocycles. The van der Waals surface area contributed by atoms with E-state index in [1.54, 1.807) is 12.4 Å². The first-order valence-corrected chi connectivity index (χ1v) is 6.79. The first-order chi connectivity index (χ1) is 9.33. The van der Waals surface area contributed by atoms with Crippen molar-refractivity contribution in [2.45, 2.75) is 25.7 Å². The van der Waals surface area contributed by atoms with Gasteiger partial charge < -0.3 is 5.32 Å². The Morgan fingerprint density at radius 2 is 2.05 bits per heavy atom. The maximum atomic E-state index is 4.75. The van der Waals surface area contributed by atoms with Crippen LogP contribution in [0, 0.1) is 6.92 Å². The Balaban J connectivity index is 1.96. The molecule has 1 unspecified atom stereocenters. The molecule has 1 aliphatic rings. The topological polar surface area (TPSA) is 50.7 Å². The normalized spacial score (nSPS) is 19.3. The van der Waals surface area contributed by atoms with Gasteiger partial charge in [-0.3, -0.25) is 4.98 Å². The average molecular weight is 254 g/mol. The maximum absolute atomic E-state index is 4.75. The van der Waals surface area contributed by atoms with E-state index in [0.717, 1.165) is 35.9 Å². The fraction of sp³-hybridized carbons (Fsp3) is 0.400. The number of rotatable bonds is 2. The lowest BCUT2D eigenvalue weighted by molar-refractivity contribution is 0.446. The van der Waals surface area contributed by atoms with Crippen LogP contribution in [0.3, 0.4) is 0 Å². The van der Waals surface area contributed by atoms with Crippen LogP contribution in [0.2, 0.25) is 0 Å². The van der Waals surface area contributed by atoms with Crippen molar-refractivity contribution in [2.24, 2.45) is 0 Å². The second kappa shape index (κ2) is 5.45. The molecule has 19 heavy (non-hydrogen) atoms. The van der Waals surface area contributed by atoms with Gasteiger partial charge in [0.1, 0.15) is 5.82 Å². The summed E-state index contributed by atoms with van der Waals surface area (Å²) in [6, 6.07) is 6.02. The maximum Gasteiger partial charge on any atom is 0.133 e. The van der Waals surface area contributed by atoms with E-state index in [9.17, 15) is 0 Å². The second-order valence-electron chi connectivity index (χ2n) is 5.03. The van der Waals surface area contributed by atoms with Crippen molar-refractivity contribution in [1.82, 2.24) is 20.3 Å². The number of hydrogen-bond acceptors (Lipinski definition) is 4. The van der Waals surface area contributed by atoms with Gasteiger partial charge in [0.2, 0.25) is 0 Å². The van der Waals surface area contributed by atoms with E-state index >= 15 is 0 Å². The van der Waals surface area contributed by atoms with Crippen LogP contribution in [0.25, 0.3) is 11.3 Å². The molecule has 4 nitrogen and oxygen atoms in total. The standard InChI is InChI=1S/C15H18N4/c1-11-9-14(12-4-7-16-8-5-12)19-15(18-11)13-3-2-6-17-10-13/h4-5,7-9,13,17H,2-3,6,10H2,1H3. The number of piperidine rings is 1. The van der Waals surface area contributed by atoms with Gasteiger partial charge in [-0.2, -0.15) is 0 Å². The molecule has 2 aromatic heterocycles. The summed E-state index contributed by atoms with van der Waals surface area (Å²) in [6.07, 6.45) is 5.97. The lowest BCUT2D eigenvalue weighted by Gasteiger charge is -2.22. The first-order valence-electron chi connectivity index (χ1n) is 6.79. The lowest BCUT2D eigenvalue weighted by Crippen LogP contribution is -2.29. The monoisotopic (exact) mass is 254 g/mol. The highest BCUT2D eigenvalue weighted by molar-refractivity contribution is 5.58. The summed E-state index contributed by atoms with van der Waals surface area (Å²) in [4.78, 5) is 13.4. The zero-order chi connectivity index (χ0) is 13.1. The van der Waals surface area contributed by atoms with Gasteiger partial charge in [-0.1, -0.05) is 0 Å². The minimum absolute atomic E-state index is 0.439. The third-order valence-corrected chi connectivity index (χ3v) is 3.51. The Morgan fingerprint density at radius 3 is 2.79 bits per heavy atom. The molecule has 1 aliphatic heterocycles. The average Bonchev–Trinajstić information content (AvgIpc) is 2.48. The van der Waals surface area contributed by atoms with Gasteiger partial charge >= 0.3 is 0 Å². The van der Waals surface area contributed by atoms with Gasteiger partial charge in [-0.25, -0.2) is 9.97 Å². The molecule has 1 saturated heterocycles. The summed E-state index contributed by atoms with van der Waals surface area (Å²) in [5.74, 6) is 1.41. The smallest absolute Gasteiger partial charge is 0.133 e. The molecule has 0 aromatic carbocycles. The highest BCUT2D eigenvalue weighted by Crippen LogP contribution is 2.23. The predicted molar refractivity (Wildman–Crippen MR) is 74.8 cm³/mol. The molecule has 3 rings (SSSR count). The van der Waals surface area contributed by atoms with Crippen molar-refractivity contribution >= 4 is 0 Å². The molecule has 0 spiro atoms. The summed E-state index contributed by atoms with van der Waals surface area (Å²) >= 11 is 0. The van der Waals surface area contributed by atoms with E-state index in [1.165, 1.54) is 12.8 Å². The Kier molecular flexibility index (Phi) is 3.51. The molecule has 98 valence electrons. The van der Waals surface area contributed by atoms with Crippen LogP contribution in [0.4, 0.5) is 0 Å². The summed E-state index contributed by atoms with van der Waals surface area (Å²) in [6.45, 7) is 4.13. The van der Waals surface area contributed by atoms with Crippen molar-refractivity contribution in [2.75, 3.05) is 13.1 Å². The van der Waals surface area contributed by atoms with Crippen LogP contribution in [-0.2, 0) is 0 Å². The van der Waals surface area contributed by atoms with Crippen LogP contribution < -0.4 is 5.32 Å². The summed E-state index contributed by atoms with van der Waals surface area (Å²) < 4.78 is 0. The van der Waals surface area contributed by atoms with Gasteiger partial charge in [0, 0.05) is 36.1 Å². The number of nitrogens with one attached hydrogen (secondary N) is 1. The fourth-order valence-corrected chi connectivity index (χ4v) is 2.52. The fourth-order valence-electron chi connectivity index (χ4n) is 2.52. The van der Waals surface area contributed by atoms with Gasteiger partial charge in [-0.15, -0.1) is 0 Å². The summed E-state index contributed by atoms with van der Waals surface area (Å²) in [5, 5.41) is 3.42. The molecule has 1 N–H and O–H groups in total. The van der Waals surface area contributed by atoms with Crippen LogP contribution in [-0.4, -0.2) is 28.0 Å². The number of aromatic nitrogens is 3. The zero-order valence-corrected chi connectivity index (χ0v) is 11.1. The van der Waals surface area contributed by atoms with Gasteiger partial charge in [-0.05, 0) is 44.5 Å². The minimum Gasteiger partial charge on any atom is -0.316 e. The SMILES string of the molecule is Cc1cc(-c2ccncc2)nc(C2CCCNC2)n1. The first kappa shape index (κ1) is 12.2. The number of nitrogens with zero attached hydrogens (tertiary/aromatic N) is 3. The Morgan fingerprint density at radius 1 is 1.21 bits per heavy atom. The largest absolute Gasteiger partial charge is 0.316 e. The van der Waals surface area contributed by atoms with Crippen molar-refractivity contribution in [1.29, 1.82) is 0 Å². The second-order valence-corrected chi connectivity index (χ2v) is 5.03. The van der Waals surface area contributed by atoms with Gasteiger partial charge in [0.25, 0.3) is 0 Å². The van der Waals surface area contributed by atoms with Crippen molar-refractivity contribution in [3.8, 4) is 11.3 Å². The Hall–Kier alpha value is -1.81. The number of hydrogen-bond donors (Lipinski definition) is 1. The van der Waals surface area contributed by atoms with Gasteiger partial charge in [0.15, 0.2) is 0 Å². The highest BCUT2D eigenvalue weighted by atomic mass is 14.9. The van der Waals surface area contributed by atoms with Crippen LogP contribution in [0.5, 0.6) is 0 Å². The van der Waals surface area contributed by atoms with Crippen molar-refractivity contribution in [3.05, 3.63) is 42.1 Å². The molecule has 0 amide bonds. The number of pyridine rings is 1. The zero-order valence-electron chi connectivity index (χ0n) is 11.1.